The molecule has 2 amide bonds. The smallest absolute Gasteiger partial charge is 0.343 e. The van der Waals surface area contributed by atoms with Crippen molar-refractivity contribution in [3.8, 4) is 5.75 Å². The van der Waals surface area contributed by atoms with Crippen LogP contribution in [0.5, 0.6) is 5.75 Å². The van der Waals surface area contributed by atoms with Crippen LogP contribution in [0.2, 0.25) is 5.02 Å². The molecule has 1 N–H and O–H groups in total. The van der Waals surface area contributed by atoms with Gasteiger partial charge in [0, 0.05) is 10.7 Å². The third kappa shape index (κ3) is 4.42. The Morgan fingerprint density at radius 2 is 1.59 bits per heavy atom. The first-order valence-corrected chi connectivity index (χ1v) is 11.1. The molecule has 0 radical (unpaired) electrons. The van der Waals surface area contributed by atoms with E-state index in [2.05, 4.69) is 5.32 Å². The van der Waals surface area contributed by atoms with Gasteiger partial charge in [-0.05, 0) is 79.9 Å². The number of amides is 2. The first kappa shape index (κ1) is 23.5. The first-order valence-electron chi connectivity index (χ1n) is 10.4. The summed E-state index contributed by atoms with van der Waals surface area (Å²) in [4.78, 5) is 39.1. The molecule has 0 atom stereocenters. The quantitative estimate of drug-likeness (QED) is 0.270. The highest BCUT2D eigenvalue weighted by molar-refractivity contribution is 6.53. The number of hydrogen-bond donors (Lipinski definition) is 1. The second-order valence-corrected chi connectivity index (χ2v) is 8.64. The third-order valence-electron chi connectivity index (χ3n) is 5.59. The van der Waals surface area contributed by atoms with Crippen LogP contribution < -0.4 is 15.0 Å². The fourth-order valence-corrected chi connectivity index (χ4v) is 3.78. The number of esters is 1. The molecule has 34 heavy (non-hydrogen) atoms. The van der Waals surface area contributed by atoms with Crippen molar-refractivity contribution in [1.29, 1.82) is 0 Å². The normalized spacial score (nSPS) is 13.5. The molecule has 0 unspecified atom stereocenters. The van der Waals surface area contributed by atoms with Crippen LogP contribution in [0, 0.1) is 20.8 Å². The molecule has 0 bridgehead atoms. The predicted octanol–water partition coefficient (Wildman–Crippen LogP) is 5.92. The van der Waals surface area contributed by atoms with Crippen molar-refractivity contribution in [2.24, 2.45) is 0 Å². The molecule has 0 spiro atoms. The van der Waals surface area contributed by atoms with Gasteiger partial charge in [-0.3, -0.25) is 9.59 Å². The molecule has 0 saturated carbocycles. The summed E-state index contributed by atoms with van der Waals surface area (Å²) in [5.74, 6) is -1.27. The van der Waals surface area contributed by atoms with Crippen LogP contribution in [0.3, 0.4) is 0 Å². The molecule has 3 aromatic carbocycles. The van der Waals surface area contributed by atoms with E-state index < -0.39 is 17.8 Å². The number of anilines is 2. The number of aryl methyl sites for hydroxylation is 2. The molecule has 0 aromatic heterocycles. The predicted molar refractivity (Wildman–Crippen MR) is 133 cm³/mol. The topological polar surface area (TPSA) is 75.7 Å². The lowest BCUT2D eigenvalue weighted by Crippen LogP contribution is -2.32. The van der Waals surface area contributed by atoms with Gasteiger partial charge < -0.3 is 10.1 Å². The number of nitrogens with one attached hydrogen (secondary N) is 1. The minimum absolute atomic E-state index is 0.0610. The van der Waals surface area contributed by atoms with E-state index in [-0.39, 0.29) is 10.7 Å². The number of imide groups is 1. The summed E-state index contributed by atoms with van der Waals surface area (Å²) < 4.78 is 5.51. The summed E-state index contributed by atoms with van der Waals surface area (Å²) in [7, 11) is 0. The van der Waals surface area contributed by atoms with Crippen LogP contribution in [0.15, 0.2) is 71.4 Å². The van der Waals surface area contributed by atoms with Crippen LogP contribution in [0.1, 0.15) is 27.0 Å². The van der Waals surface area contributed by atoms with Crippen LogP contribution in [0.4, 0.5) is 11.4 Å². The number of hydrogen-bond acceptors (Lipinski definition) is 5. The Labute approximate surface area is 206 Å². The summed E-state index contributed by atoms with van der Waals surface area (Å²) in [6.45, 7) is 5.65. The Morgan fingerprint density at radius 3 is 2.26 bits per heavy atom. The molecule has 1 heterocycles. The summed E-state index contributed by atoms with van der Waals surface area (Å²) in [5, 5.41) is 3.07. The molecule has 1 aliphatic heterocycles. The lowest BCUT2D eigenvalue weighted by atomic mass is 10.1. The Kier molecular flexibility index (Phi) is 6.46. The fourth-order valence-electron chi connectivity index (χ4n) is 3.39. The van der Waals surface area contributed by atoms with E-state index in [1.54, 1.807) is 42.5 Å². The van der Waals surface area contributed by atoms with Gasteiger partial charge in [-0.1, -0.05) is 41.4 Å². The number of nitrogens with zero attached hydrogens (tertiary/aromatic N) is 1. The van der Waals surface area contributed by atoms with E-state index in [9.17, 15) is 14.4 Å². The maximum atomic E-state index is 12.9. The van der Waals surface area contributed by atoms with Crippen molar-refractivity contribution in [3.05, 3.63) is 98.7 Å². The highest BCUT2D eigenvalue weighted by Gasteiger charge is 2.39. The van der Waals surface area contributed by atoms with Crippen molar-refractivity contribution in [3.63, 3.8) is 0 Å². The van der Waals surface area contributed by atoms with Gasteiger partial charge in [0.05, 0.1) is 11.3 Å². The third-order valence-corrected chi connectivity index (χ3v) is 6.35. The lowest BCUT2D eigenvalue weighted by Gasteiger charge is -2.16. The van der Waals surface area contributed by atoms with E-state index in [0.717, 1.165) is 21.6 Å². The molecule has 1 aliphatic rings. The van der Waals surface area contributed by atoms with Crippen LogP contribution in [-0.2, 0) is 9.59 Å². The van der Waals surface area contributed by atoms with E-state index in [0.29, 0.717) is 27.7 Å². The number of rotatable bonds is 5. The van der Waals surface area contributed by atoms with Crippen molar-refractivity contribution in [1.82, 2.24) is 0 Å². The van der Waals surface area contributed by atoms with E-state index in [1.165, 1.54) is 6.07 Å². The van der Waals surface area contributed by atoms with Crippen molar-refractivity contribution in [2.75, 3.05) is 10.2 Å². The SMILES string of the molecule is Cc1ccc(N2C(=O)C(Cl)=C(Nc3ccc(C(=O)Oc4cccc(C)c4C)cc3)C2=O)cc1Cl. The van der Waals surface area contributed by atoms with Crippen molar-refractivity contribution >= 4 is 52.4 Å². The maximum Gasteiger partial charge on any atom is 0.343 e. The van der Waals surface area contributed by atoms with Crippen molar-refractivity contribution < 1.29 is 19.1 Å². The average molecular weight is 495 g/mol. The van der Waals surface area contributed by atoms with Gasteiger partial charge in [0.15, 0.2) is 0 Å². The second-order valence-electron chi connectivity index (χ2n) is 7.86. The Balaban J connectivity index is 1.50. The van der Waals surface area contributed by atoms with Gasteiger partial charge in [0.2, 0.25) is 0 Å². The summed E-state index contributed by atoms with van der Waals surface area (Å²) >= 11 is 12.3. The zero-order valence-electron chi connectivity index (χ0n) is 18.6. The highest BCUT2D eigenvalue weighted by atomic mass is 35.5. The lowest BCUT2D eigenvalue weighted by molar-refractivity contribution is -0.120. The van der Waals surface area contributed by atoms with Crippen LogP contribution >= 0.6 is 23.2 Å². The molecule has 3 aromatic rings. The van der Waals surface area contributed by atoms with Crippen LogP contribution in [-0.4, -0.2) is 17.8 Å². The largest absolute Gasteiger partial charge is 0.423 e. The number of carbonyl (C=O) groups is 3. The molecular formula is C26H20Cl2N2O4. The Bertz CT molecular complexity index is 1360. The van der Waals surface area contributed by atoms with Crippen molar-refractivity contribution in [2.45, 2.75) is 20.8 Å². The zero-order valence-corrected chi connectivity index (χ0v) is 20.1. The first-order chi connectivity index (χ1) is 16.2. The molecule has 4 rings (SSSR count). The van der Waals surface area contributed by atoms with E-state index >= 15 is 0 Å². The Morgan fingerprint density at radius 1 is 0.882 bits per heavy atom. The van der Waals surface area contributed by atoms with Gasteiger partial charge in [-0.25, -0.2) is 9.69 Å². The average Bonchev–Trinajstić information content (AvgIpc) is 3.02. The second kappa shape index (κ2) is 9.33. The number of halogens is 2. The molecular weight excluding hydrogens is 475 g/mol. The monoisotopic (exact) mass is 494 g/mol. The molecule has 0 fully saturated rings. The van der Waals surface area contributed by atoms with Gasteiger partial charge >= 0.3 is 5.97 Å². The summed E-state index contributed by atoms with van der Waals surface area (Å²) in [5.41, 5.74) is 3.79. The van der Waals surface area contributed by atoms with Gasteiger partial charge in [0.1, 0.15) is 16.5 Å². The maximum absolute atomic E-state index is 12.9. The molecule has 172 valence electrons. The number of ether oxygens (including phenoxy) is 1. The number of carbonyl (C=O) groups excluding carboxylic acids is 3. The van der Waals surface area contributed by atoms with Gasteiger partial charge in [-0.2, -0.15) is 0 Å². The minimum atomic E-state index is -0.650. The highest BCUT2D eigenvalue weighted by Crippen LogP contribution is 2.32. The fraction of sp³-hybridized carbons (Fsp3) is 0.115. The Hall–Kier alpha value is -3.61. The zero-order chi connectivity index (χ0) is 24.6. The van der Waals surface area contributed by atoms with E-state index in [4.69, 9.17) is 27.9 Å². The molecule has 0 saturated heterocycles. The molecule has 6 nitrogen and oxygen atoms in total. The molecule has 8 heteroatoms. The molecule has 0 aliphatic carbocycles. The standard InChI is InChI=1S/C26H20Cl2N2O4/c1-14-5-4-6-21(16(14)3)34-26(33)17-8-10-18(11-9-17)29-23-22(28)24(31)30(25(23)32)19-12-7-15(2)20(27)13-19/h4-13,29H,1-3H3. The van der Waals surface area contributed by atoms with Gasteiger partial charge in [0.25, 0.3) is 11.8 Å². The van der Waals surface area contributed by atoms with Crippen LogP contribution in [0.25, 0.3) is 0 Å². The number of benzene rings is 3. The van der Waals surface area contributed by atoms with Gasteiger partial charge in [-0.15, -0.1) is 0 Å². The summed E-state index contributed by atoms with van der Waals surface area (Å²) in [6.07, 6.45) is 0. The summed E-state index contributed by atoms with van der Waals surface area (Å²) in [6, 6.07) is 16.7. The van der Waals surface area contributed by atoms with E-state index in [1.807, 2.05) is 32.9 Å². The minimum Gasteiger partial charge on any atom is -0.423 e.